The summed E-state index contributed by atoms with van der Waals surface area (Å²) in [4.78, 5) is 16.9. The molecule has 3 rings (SSSR count). The molecule has 0 aliphatic rings. The van der Waals surface area contributed by atoms with Gasteiger partial charge in [-0.1, -0.05) is 6.07 Å². The number of rotatable bonds is 8. The van der Waals surface area contributed by atoms with Gasteiger partial charge in [-0.25, -0.2) is 9.78 Å². The Hall–Kier alpha value is -3.26. The van der Waals surface area contributed by atoms with E-state index in [1.54, 1.807) is 25.3 Å². The van der Waals surface area contributed by atoms with Crippen LogP contribution in [0.1, 0.15) is 16.1 Å². The molecule has 28 heavy (non-hydrogen) atoms. The van der Waals surface area contributed by atoms with Gasteiger partial charge in [-0.2, -0.15) is 0 Å². The normalized spacial score (nSPS) is 10.2. The lowest BCUT2D eigenvalue weighted by Gasteiger charge is -2.11. The van der Waals surface area contributed by atoms with Gasteiger partial charge in [-0.15, -0.1) is 11.3 Å². The van der Waals surface area contributed by atoms with Gasteiger partial charge in [0, 0.05) is 11.1 Å². The Morgan fingerprint density at radius 1 is 1.00 bits per heavy atom. The molecule has 0 radical (unpaired) electrons. The number of benzene rings is 2. The van der Waals surface area contributed by atoms with E-state index in [4.69, 9.17) is 18.9 Å². The summed E-state index contributed by atoms with van der Waals surface area (Å²) in [7, 11) is 4.60. The molecule has 1 heterocycles. The zero-order chi connectivity index (χ0) is 19.9. The van der Waals surface area contributed by atoms with Crippen molar-refractivity contribution in [1.82, 2.24) is 4.98 Å². The molecule has 0 spiro atoms. The van der Waals surface area contributed by atoms with E-state index in [2.05, 4.69) is 10.3 Å². The molecule has 2 aromatic carbocycles. The summed E-state index contributed by atoms with van der Waals surface area (Å²) in [5.41, 5.74) is 1.78. The summed E-state index contributed by atoms with van der Waals surface area (Å²) in [5.74, 6) is 1.03. The molecule has 0 saturated heterocycles. The first-order valence-electron chi connectivity index (χ1n) is 8.38. The predicted molar refractivity (Wildman–Crippen MR) is 107 cm³/mol. The number of carbonyl (C=O) groups is 1. The number of ether oxygens (including phenoxy) is 4. The largest absolute Gasteiger partial charge is 0.497 e. The number of nitrogens with zero attached hydrogens (tertiary/aromatic N) is 1. The van der Waals surface area contributed by atoms with Gasteiger partial charge >= 0.3 is 5.97 Å². The van der Waals surface area contributed by atoms with Gasteiger partial charge in [0.2, 0.25) is 0 Å². The van der Waals surface area contributed by atoms with Gasteiger partial charge in [-0.3, -0.25) is 0 Å². The summed E-state index contributed by atoms with van der Waals surface area (Å²) in [5, 5.41) is 5.73. The Balaban J connectivity index is 1.63. The average molecular weight is 400 g/mol. The van der Waals surface area contributed by atoms with E-state index < -0.39 is 5.97 Å². The molecule has 1 N–H and O–H groups in total. The highest BCUT2D eigenvalue weighted by Gasteiger charge is 2.20. The lowest BCUT2D eigenvalue weighted by atomic mass is 10.2. The number of hydrogen-bond acceptors (Lipinski definition) is 8. The molecule has 0 fully saturated rings. The molecule has 146 valence electrons. The van der Waals surface area contributed by atoms with Crippen molar-refractivity contribution in [3.05, 3.63) is 59.1 Å². The fourth-order valence-corrected chi connectivity index (χ4v) is 3.21. The van der Waals surface area contributed by atoms with Crippen LogP contribution < -0.4 is 19.5 Å². The van der Waals surface area contributed by atoms with E-state index in [1.807, 2.05) is 29.6 Å². The quantitative estimate of drug-likeness (QED) is 0.566. The number of nitrogens with one attached hydrogen (secondary N) is 1. The lowest BCUT2D eigenvalue weighted by Crippen LogP contribution is -2.09. The van der Waals surface area contributed by atoms with Crippen LogP contribution in [0.5, 0.6) is 17.2 Å². The average Bonchev–Trinajstić information content (AvgIpc) is 3.19. The topological polar surface area (TPSA) is 78.9 Å². The number of anilines is 2. The maximum absolute atomic E-state index is 12.5. The van der Waals surface area contributed by atoms with Crippen molar-refractivity contribution in [3.8, 4) is 17.2 Å². The maximum Gasteiger partial charge on any atom is 0.346 e. The number of aromatic nitrogens is 1. The smallest absolute Gasteiger partial charge is 0.346 e. The summed E-state index contributed by atoms with van der Waals surface area (Å²) in [6.07, 6.45) is 0. The standard InChI is InChI=1S/C20H20N2O5S/c1-24-15-9-7-13(8-10-15)21-20-22-14(12-28-20)11-27-19(23)18-16(25-2)5-4-6-17(18)26-3/h4-10,12H,11H2,1-3H3,(H,21,22). The number of esters is 1. The van der Waals surface area contributed by atoms with Gasteiger partial charge in [0.05, 0.1) is 27.0 Å². The van der Waals surface area contributed by atoms with Gasteiger partial charge in [0.15, 0.2) is 5.13 Å². The molecule has 0 bridgehead atoms. The Morgan fingerprint density at radius 2 is 1.68 bits per heavy atom. The molecule has 7 nitrogen and oxygen atoms in total. The number of thiazole rings is 1. The van der Waals surface area contributed by atoms with E-state index in [1.165, 1.54) is 25.6 Å². The minimum absolute atomic E-state index is 0.0425. The van der Waals surface area contributed by atoms with Crippen LogP contribution in [-0.2, 0) is 11.3 Å². The van der Waals surface area contributed by atoms with Crippen LogP contribution in [0.3, 0.4) is 0 Å². The molecule has 0 saturated carbocycles. The molecule has 3 aromatic rings. The Bertz CT molecular complexity index is 918. The molecular weight excluding hydrogens is 380 g/mol. The minimum atomic E-state index is -0.535. The zero-order valence-electron chi connectivity index (χ0n) is 15.7. The van der Waals surface area contributed by atoms with E-state index in [-0.39, 0.29) is 12.2 Å². The van der Waals surface area contributed by atoms with Gasteiger partial charge in [0.25, 0.3) is 0 Å². The van der Waals surface area contributed by atoms with Crippen LogP contribution in [0.25, 0.3) is 0 Å². The summed E-state index contributed by atoms with van der Waals surface area (Å²) >= 11 is 1.42. The molecule has 1 aromatic heterocycles. The highest BCUT2D eigenvalue weighted by atomic mass is 32.1. The Kier molecular flexibility index (Phi) is 6.33. The maximum atomic E-state index is 12.5. The third-order valence-corrected chi connectivity index (χ3v) is 4.68. The lowest BCUT2D eigenvalue weighted by molar-refractivity contribution is 0.0461. The SMILES string of the molecule is COc1ccc(Nc2nc(COC(=O)c3c(OC)cccc3OC)cs2)cc1. The van der Waals surface area contributed by atoms with Gasteiger partial charge in [0.1, 0.15) is 29.4 Å². The predicted octanol–water partition coefficient (Wildman–Crippen LogP) is 4.27. The van der Waals surface area contributed by atoms with E-state index in [9.17, 15) is 4.79 Å². The molecule has 8 heteroatoms. The van der Waals surface area contributed by atoms with Crippen LogP contribution in [0.4, 0.5) is 10.8 Å². The third-order valence-electron chi connectivity index (χ3n) is 3.88. The first kappa shape index (κ1) is 19.5. The monoisotopic (exact) mass is 400 g/mol. The summed E-state index contributed by atoms with van der Waals surface area (Å²) in [6.45, 7) is 0.0425. The molecule has 0 aliphatic heterocycles. The van der Waals surface area contributed by atoms with Crippen molar-refractivity contribution >= 4 is 28.1 Å². The van der Waals surface area contributed by atoms with Crippen LogP contribution in [-0.4, -0.2) is 32.3 Å². The van der Waals surface area contributed by atoms with Crippen molar-refractivity contribution < 1.29 is 23.7 Å². The van der Waals surface area contributed by atoms with Gasteiger partial charge in [-0.05, 0) is 36.4 Å². The van der Waals surface area contributed by atoms with Crippen LogP contribution in [0.15, 0.2) is 47.8 Å². The molecule has 0 aliphatic carbocycles. The van der Waals surface area contributed by atoms with Crippen LogP contribution in [0, 0.1) is 0 Å². The Labute approximate surface area is 166 Å². The Morgan fingerprint density at radius 3 is 2.29 bits per heavy atom. The molecule has 0 amide bonds. The summed E-state index contributed by atoms with van der Waals surface area (Å²) in [6, 6.07) is 12.6. The third kappa shape index (κ3) is 4.52. The van der Waals surface area contributed by atoms with Crippen molar-refractivity contribution in [2.24, 2.45) is 0 Å². The fourth-order valence-electron chi connectivity index (χ4n) is 2.49. The molecule has 0 atom stereocenters. The van der Waals surface area contributed by atoms with Crippen LogP contribution >= 0.6 is 11.3 Å². The first-order valence-corrected chi connectivity index (χ1v) is 9.26. The highest BCUT2D eigenvalue weighted by molar-refractivity contribution is 7.13. The van der Waals surface area contributed by atoms with E-state index >= 15 is 0 Å². The second-order valence-corrected chi connectivity index (χ2v) is 6.47. The van der Waals surface area contributed by atoms with Crippen LogP contribution in [0.2, 0.25) is 0 Å². The zero-order valence-corrected chi connectivity index (χ0v) is 16.5. The first-order chi connectivity index (χ1) is 13.6. The second-order valence-electron chi connectivity index (χ2n) is 5.61. The fraction of sp³-hybridized carbons (Fsp3) is 0.200. The van der Waals surface area contributed by atoms with Gasteiger partial charge < -0.3 is 24.3 Å². The van der Waals surface area contributed by atoms with E-state index in [0.717, 1.165) is 11.4 Å². The number of methoxy groups -OCH3 is 3. The number of hydrogen-bond donors (Lipinski definition) is 1. The minimum Gasteiger partial charge on any atom is -0.497 e. The van der Waals surface area contributed by atoms with Crippen molar-refractivity contribution in [1.29, 1.82) is 0 Å². The van der Waals surface area contributed by atoms with E-state index in [0.29, 0.717) is 22.3 Å². The van der Waals surface area contributed by atoms with Crippen molar-refractivity contribution in [2.45, 2.75) is 6.61 Å². The molecule has 0 unspecified atom stereocenters. The highest BCUT2D eigenvalue weighted by Crippen LogP contribution is 2.29. The molecular formula is C20H20N2O5S. The summed E-state index contributed by atoms with van der Waals surface area (Å²) < 4.78 is 21.0. The van der Waals surface area contributed by atoms with Crippen molar-refractivity contribution in [3.63, 3.8) is 0 Å². The second kappa shape index (κ2) is 9.09. The number of carbonyl (C=O) groups excluding carboxylic acids is 1. The van der Waals surface area contributed by atoms with Crippen molar-refractivity contribution in [2.75, 3.05) is 26.6 Å².